The molecule has 0 unspecified atom stereocenters. The van der Waals surface area contributed by atoms with Crippen molar-refractivity contribution in [2.24, 2.45) is 4.99 Å². The van der Waals surface area contributed by atoms with Crippen LogP contribution in [0.2, 0.25) is 6.04 Å². The number of aromatic nitrogens is 1. The van der Waals surface area contributed by atoms with Crippen molar-refractivity contribution >= 4 is 15.0 Å². The van der Waals surface area contributed by atoms with E-state index >= 15 is 0 Å². The highest BCUT2D eigenvalue weighted by Gasteiger charge is 2.36. The van der Waals surface area contributed by atoms with Crippen LogP contribution < -0.4 is 10.6 Å². The van der Waals surface area contributed by atoms with Crippen LogP contribution in [0.15, 0.2) is 29.4 Å². The molecular weight excluding hydrogens is 324 g/mol. The Morgan fingerprint density at radius 1 is 1.04 bits per heavy atom. The molecule has 2 N–H and O–H groups in total. The molecule has 0 spiro atoms. The molecule has 8 heteroatoms. The van der Waals surface area contributed by atoms with Crippen molar-refractivity contribution in [3.8, 4) is 0 Å². The Kier molecular flexibility index (Phi) is 11.5. The molecule has 136 valence electrons. The van der Waals surface area contributed by atoms with E-state index in [9.17, 15) is 0 Å². The lowest BCUT2D eigenvalue weighted by Gasteiger charge is -2.24. The molecule has 0 aliphatic rings. The first-order valence-corrected chi connectivity index (χ1v) is 10.2. The summed E-state index contributed by atoms with van der Waals surface area (Å²) in [4.78, 5) is 8.52. The van der Waals surface area contributed by atoms with E-state index in [-0.39, 0.29) is 0 Å². The van der Waals surface area contributed by atoms with Gasteiger partial charge in [-0.2, -0.15) is 0 Å². The molecule has 1 aromatic heterocycles. The minimum absolute atomic E-state index is 0.750. The zero-order valence-electron chi connectivity index (χ0n) is 15.0. The van der Waals surface area contributed by atoms with Crippen molar-refractivity contribution in [2.75, 3.05) is 54.1 Å². The molecule has 7 nitrogen and oxygen atoms in total. The molecule has 0 aliphatic heterocycles. The molecule has 0 saturated heterocycles. The summed E-state index contributed by atoms with van der Waals surface area (Å²) in [7, 11) is 2.52. The molecule has 0 radical (unpaired) electrons. The molecule has 0 atom stereocenters. The maximum absolute atomic E-state index is 5.39. The van der Waals surface area contributed by atoms with E-state index in [1.54, 1.807) is 33.7 Å². The average molecular weight is 355 g/mol. The van der Waals surface area contributed by atoms with Crippen LogP contribution in [0.4, 0.5) is 0 Å². The smallest absolute Gasteiger partial charge is 0.377 e. The second kappa shape index (κ2) is 13.2. The summed E-state index contributed by atoms with van der Waals surface area (Å²) in [6, 6.07) is 6.61. The van der Waals surface area contributed by atoms with Crippen LogP contribution in [-0.2, 0) is 13.3 Å². The predicted octanol–water partition coefficient (Wildman–Crippen LogP) is 0.948. The number of hydrogen-bond donors (Lipinski definition) is 2. The van der Waals surface area contributed by atoms with Gasteiger partial charge in [0, 0.05) is 59.4 Å². The van der Waals surface area contributed by atoms with Crippen LogP contribution in [-0.4, -0.2) is 74.1 Å². The normalized spacial score (nSPS) is 12.1. The van der Waals surface area contributed by atoms with Crippen molar-refractivity contribution < 1.29 is 13.3 Å². The van der Waals surface area contributed by atoms with Crippen molar-refractivity contribution in [3.05, 3.63) is 30.1 Å². The summed E-state index contributed by atoms with van der Waals surface area (Å²) in [5.74, 6) is 0. The van der Waals surface area contributed by atoms with Gasteiger partial charge in [-0.1, -0.05) is 6.07 Å². The fourth-order valence-corrected chi connectivity index (χ4v) is 3.89. The molecule has 0 saturated carbocycles. The number of hydrogen-bond acceptors (Lipinski definition) is 7. The summed E-state index contributed by atoms with van der Waals surface area (Å²) < 4.78 is 16.2. The van der Waals surface area contributed by atoms with E-state index in [0.717, 1.165) is 50.9 Å². The maximum atomic E-state index is 5.39. The van der Waals surface area contributed by atoms with E-state index in [4.69, 9.17) is 13.3 Å². The lowest BCUT2D eigenvalue weighted by Crippen LogP contribution is -2.43. The Balaban J connectivity index is 1.95. The van der Waals surface area contributed by atoms with Gasteiger partial charge in [0.1, 0.15) is 0 Å². The lowest BCUT2D eigenvalue weighted by molar-refractivity contribution is 0.123. The Labute approximate surface area is 146 Å². The number of aliphatic imine (C=N–C) groups is 1. The molecule has 0 aliphatic carbocycles. The van der Waals surface area contributed by atoms with E-state index in [2.05, 4.69) is 20.6 Å². The topological polar surface area (TPSA) is 77.0 Å². The van der Waals surface area contributed by atoms with Gasteiger partial charge in [0.25, 0.3) is 0 Å². The third-order valence-corrected chi connectivity index (χ3v) is 6.41. The van der Waals surface area contributed by atoms with E-state index < -0.39 is 8.80 Å². The number of rotatable bonds is 14. The van der Waals surface area contributed by atoms with Gasteiger partial charge >= 0.3 is 8.80 Å². The van der Waals surface area contributed by atoms with Gasteiger partial charge in [0.2, 0.25) is 0 Å². The van der Waals surface area contributed by atoms with Crippen LogP contribution in [0.5, 0.6) is 0 Å². The van der Waals surface area contributed by atoms with Crippen LogP contribution >= 0.6 is 0 Å². The Bertz CT molecular complexity index is 436. The van der Waals surface area contributed by atoms with Gasteiger partial charge in [-0.25, -0.2) is 0 Å². The third-order valence-electron chi connectivity index (χ3n) is 3.58. The standard InChI is InChI=1S/C16H30N4O3Si/c1-21-24(22-2,23-3)14-6-8-17-10-11-18-12-13-19-15-16-7-4-5-9-20-16/h4-5,7,9,15,17-18H,6,8,10-14H2,1-3H3. The fourth-order valence-electron chi connectivity index (χ4n) is 2.17. The van der Waals surface area contributed by atoms with Crippen molar-refractivity contribution in [1.82, 2.24) is 15.6 Å². The van der Waals surface area contributed by atoms with Crippen LogP contribution in [0.3, 0.4) is 0 Å². The monoisotopic (exact) mass is 354 g/mol. The summed E-state index contributed by atoms with van der Waals surface area (Å²) in [5.41, 5.74) is 0.891. The lowest BCUT2D eigenvalue weighted by atomic mass is 10.4. The first kappa shape index (κ1) is 20.9. The van der Waals surface area contributed by atoms with Gasteiger partial charge in [-0.05, 0) is 25.1 Å². The molecular formula is C16H30N4O3Si. The third kappa shape index (κ3) is 8.62. The van der Waals surface area contributed by atoms with Gasteiger partial charge in [-0.15, -0.1) is 0 Å². The van der Waals surface area contributed by atoms with E-state index in [0.29, 0.717) is 0 Å². The zero-order chi connectivity index (χ0) is 17.5. The predicted molar refractivity (Wildman–Crippen MR) is 98.6 cm³/mol. The van der Waals surface area contributed by atoms with Gasteiger partial charge in [-0.3, -0.25) is 9.98 Å². The highest BCUT2D eigenvalue weighted by molar-refractivity contribution is 6.60. The Morgan fingerprint density at radius 2 is 1.75 bits per heavy atom. The van der Waals surface area contributed by atoms with E-state index in [1.165, 1.54) is 0 Å². The molecule has 0 bridgehead atoms. The van der Waals surface area contributed by atoms with Crippen LogP contribution in [0, 0.1) is 0 Å². The average Bonchev–Trinajstić information content (AvgIpc) is 2.64. The highest BCUT2D eigenvalue weighted by Crippen LogP contribution is 2.14. The SMILES string of the molecule is CO[Si](CCCNCCNCCN=Cc1ccccn1)(OC)OC. The van der Waals surface area contributed by atoms with Gasteiger partial charge in [0.15, 0.2) is 0 Å². The Morgan fingerprint density at radius 3 is 2.38 bits per heavy atom. The molecule has 1 heterocycles. The largest absolute Gasteiger partial charge is 0.500 e. The van der Waals surface area contributed by atoms with Crippen molar-refractivity contribution in [3.63, 3.8) is 0 Å². The number of pyridine rings is 1. The second-order valence-electron chi connectivity index (χ2n) is 5.19. The Hall–Kier alpha value is -1.16. The molecule has 24 heavy (non-hydrogen) atoms. The fraction of sp³-hybridized carbons (Fsp3) is 0.625. The highest BCUT2D eigenvalue weighted by atomic mass is 28.4. The summed E-state index contributed by atoms with van der Waals surface area (Å²) in [5, 5.41) is 6.74. The van der Waals surface area contributed by atoms with Crippen molar-refractivity contribution in [1.29, 1.82) is 0 Å². The summed E-state index contributed by atoms with van der Waals surface area (Å²) >= 11 is 0. The van der Waals surface area contributed by atoms with Gasteiger partial charge in [0.05, 0.1) is 12.2 Å². The minimum Gasteiger partial charge on any atom is -0.377 e. The zero-order valence-corrected chi connectivity index (χ0v) is 16.0. The molecule has 0 fully saturated rings. The molecule has 0 aromatic carbocycles. The molecule has 1 aromatic rings. The maximum Gasteiger partial charge on any atom is 0.500 e. The van der Waals surface area contributed by atoms with Crippen LogP contribution in [0.25, 0.3) is 0 Å². The van der Waals surface area contributed by atoms with Gasteiger partial charge < -0.3 is 23.9 Å². The quantitative estimate of drug-likeness (QED) is 0.294. The number of nitrogens with one attached hydrogen (secondary N) is 2. The van der Waals surface area contributed by atoms with Crippen molar-refractivity contribution in [2.45, 2.75) is 12.5 Å². The minimum atomic E-state index is -2.41. The number of nitrogens with zero attached hydrogens (tertiary/aromatic N) is 2. The summed E-state index contributed by atoms with van der Waals surface area (Å²) in [6.45, 7) is 4.37. The second-order valence-corrected chi connectivity index (χ2v) is 8.28. The molecule has 0 amide bonds. The molecule has 1 rings (SSSR count). The summed E-state index contributed by atoms with van der Waals surface area (Å²) in [6.07, 6.45) is 4.54. The first-order valence-electron chi connectivity index (χ1n) is 8.24. The van der Waals surface area contributed by atoms with Crippen LogP contribution in [0.1, 0.15) is 12.1 Å². The van der Waals surface area contributed by atoms with E-state index in [1.807, 2.05) is 18.2 Å². The first-order chi connectivity index (χ1) is 11.8.